The minimum Gasteiger partial charge on any atom is -0.382 e. The fourth-order valence-electron chi connectivity index (χ4n) is 2.68. The normalized spacial score (nSPS) is 10.6. The van der Waals surface area contributed by atoms with Crippen LogP contribution in [-0.4, -0.2) is 27.9 Å². The molecule has 0 aliphatic rings. The number of hydrogen-bond donors (Lipinski definition) is 2. The van der Waals surface area contributed by atoms with Gasteiger partial charge in [-0.1, -0.05) is 17.7 Å². The highest BCUT2D eigenvalue weighted by atomic mass is 35.5. The first-order valence-corrected chi connectivity index (χ1v) is 8.29. The van der Waals surface area contributed by atoms with E-state index in [9.17, 15) is 20.2 Å². The van der Waals surface area contributed by atoms with E-state index in [1.807, 2.05) is 0 Å². The Bertz CT molecular complexity index is 1030. The molecule has 27 heavy (non-hydrogen) atoms. The van der Waals surface area contributed by atoms with E-state index in [0.717, 1.165) is 0 Å². The van der Waals surface area contributed by atoms with Crippen LogP contribution in [0.15, 0.2) is 48.7 Å². The van der Waals surface area contributed by atoms with Gasteiger partial charge in [-0.15, -0.1) is 0 Å². The molecule has 0 atom stereocenters. The number of para-hydroxylation sites is 1. The van der Waals surface area contributed by atoms with Gasteiger partial charge >= 0.3 is 0 Å². The minimum atomic E-state index is -0.505. The Morgan fingerprint density at radius 1 is 0.926 bits per heavy atom. The van der Waals surface area contributed by atoms with E-state index >= 15 is 0 Å². The molecule has 3 aromatic rings. The molecule has 0 radical (unpaired) electrons. The van der Waals surface area contributed by atoms with Crippen molar-refractivity contribution in [2.75, 3.05) is 23.7 Å². The van der Waals surface area contributed by atoms with Gasteiger partial charge in [-0.2, -0.15) is 0 Å². The number of nitrogens with zero attached hydrogens (tertiary/aromatic N) is 3. The lowest BCUT2D eigenvalue weighted by atomic mass is 10.1. The first-order chi connectivity index (χ1) is 13.0. The molecule has 0 unspecified atom stereocenters. The lowest BCUT2D eigenvalue weighted by Crippen LogP contribution is -2.15. The summed E-state index contributed by atoms with van der Waals surface area (Å²) in [5.74, 6) is 0. The highest BCUT2D eigenvalue weighted by Crippen LogP contribution is 2.32. The van der Waals surface area contributed by atoms with E-state index in [2.05, 4.69) is 15.6 Å². The van der Waals surface area contributed by atoms with Crippen molar-refractivity contribution >= 4 is 45.3 Å². The zero-order valence-corrected chi connectivity index (χ0v) is 14.6. The topological polar surface area (TPSA) is 123 Å². The van der Waals surface area contributed by atoms with Crippen LogP contribution in [-0.2, 0) is 0 Å². The second kappa shape index (κ2) is 7.83. The van der Waals surface area contributed by atoms with Crippen molar-refractivity contribution in [3.63, 3.8) is 0 Å². The highest BCUT2D eigenvalue weighted by Gasteiger charge is 2.17. The van der Waals surface area contributed by atoms with E-state index in [1.54, 1.807) is 30.5 Å². The number of nitrogens with one attached hydrogen (secondary N) is 2. The highest BCUT2D eigenvalue weighted by molar-refractivity contribution is 6.33. The lowest BCUT2D eigenvalue weighted by Gasteiger charge is -2.12. The van der Waals surface area contributed by atoms with Gasteiger partial charge in [-0.3, -0.25) is 25.2 Å². The van der Waals surface area contributed by atoms with Crippen LogP contribution < -0.4 is 10.6 Å². The van der Waals surface area contributed by atoms with E-state index in [0.29, 0.717) is 29.7 Å². The van der Waals surface area contributed by atoms with Crippen molar-refractivity contribution in [2.45, 2.75) is 0 Å². The minimum absolute atomic E-state index is 0.0199. The smallest absolute Gasteiger partial charge is 0.293 e. The summed E-state index contributed by atoms with van der Waals surface area (Å²) in [5.41, 5.74) is 1.23. The summed E-state index contributed by atoms with van der Waals surface area (Å²) in [7, 11) is 0. The Morgan fingerprint density at radius 3 is 2.41 bits per heavy atom. The summed E-state index contributed by atoms with van der Waals surface area (Å²) in [5, 5.41) is 29.0. The Balaban J connectivity index is 1.73. The van der Waals surface area contributed by atoms with E-state index < -0.39 is 9.85 Å². The van der Waals surface area contributed by atoms with Gasteiger partial charge in [0, 0.05) is 31.4 Å². The lowest BCUT2D eigenvalue weighted by molar-refractivity contribution is -0.384. The number of non-ortho nitro benzene ring substituents is 1. The second-order valence-corrected chi connectivity index (χ2v) is 5.94. The molecule has 1 heterocycles. The van der Waals surface area contributed by atoms with Gasteiger partial charge in [-0.25, -0.2) is 0 Å². The van der Waals surface area contributed by atoms with E-state index in [-0.39, 0.29) is 22.1 Å². The fourth-order valence-corrected chi connectivity index (χ4v) is 2.92. The molecule has 0 aliphatic heterocycles. The van der Waals surface area contributed by atoms with Gasteiger partial charge in [0.25, 0.3) is 11.4 Å². The van der Waals surface area contributed by atoms with Crippen LogP contribution in [0.4, 0.5) is 22.7 Å². The van der Waals surface area contributed by atoms with Gasteiger partial charge in [0.15, 0.2) is 0 Å². The first-order valence-electron chi connectivity index (χ1n) is 7.92. The predicted molar refractivity (Wildman–Crippen MR) is 103 cm³/mol. The first kappa shape index (κ1) is 18.3. The number of fused-ring (bicyclic) bond motifs is 1. The molecule has 2 N–H and O–H groups in total. The number of anilines is 2. The van der Waals surface area contributed by atoms with Gasteiger partial charge < -0.3 is 10.6 Å². The van der Waals surface area contributed by atoms with Gasteiger partial charge in [-0.05, 0) is 24.3 Å². The summed E-state index contributed by atoms with van der Waals surface area (Å²) < 4.78 is 0. The maximum Gasteiger partial charge on any atom is 0.293 e. The summed E-state index contributed by atoms with van der Waals surface area (Å²) in [6.07, 6.45) is 1.56. The number of aromatic nitrogens is 1. The van der Waals surface area contributed by atoms with Gasteiger partial charge in [0.1, 0.15) is 11.2 Å². The molecule has 0 bridgehead atoms. The third kappa shape index (κ3) is 3.87. The molecule has 0 fully saturated rings. The maximum absolute atomic E-state index is 11.1. The number of hydrogen-bond acceptors (Lipinski definition) is 7. The molecular formula is C17H14ClN5O4. The van der Waals surface area contributed by atoms with Crippen LogP contribution in [0, 0.1) is 20.2 Å². The average Bonchev–Trinajstić information content (AvgIpc) is 2.65. The third-order valence-corrected chi connectivity index (χ3v) is 4.19. The fraction of sp³-hybridized carbons (Fsp3) is 0.118. The van der Waals surface area contributed by atoms with Crippen LogP contribution >= 0.6 is 11.6 Å². The predicted octanol–water partition coefficient (Wildman–Crippen LogP) is 4.23. The molecule has 138 valence electrons. The Hall–Kier alpha value is -3.46. The molecule has 10 heteroatoms. The largest absolute Gasteiger partial charge is 0.382 e. The number of nitro benzene ring substituents is 2. The van der Waals surface area contributed by atoms with Crippen LogP contribution in [0.3, 0.4) is 0 Å². The zero-order chi connectivity index (χ0) is 19.4. The van der Waals surface area contributed by atoms with Crippen LogP contribution in [0.5, 0.6) is 0 Å². The summed E-state index contributed by atoms with van der Waals surface area (Å²) in [6, 6.07) is 10.7. The SMILES string of the molecule is O=[N+]([O-])c1cccc(Cl)c1NCCNc1ccc([N+](=O)[O-])c2cccnc12. The van der Waals surface area contributed by atoms with Gasteiger partial charge in [0.2, 0.25) is 0 Å². The summed E-state index contributed by atoms with van der Waals surface area (Å²) in [6.45, 7) is 0.738. The second-order valence-electron chi connectivity index (χ2n) is 5.53. The average molecular weight is 388 g/mol. The molecule has 0 saturated heterocycles. The Morgan fingerprint density at radius 2 is 1.67 bits per heavy atom. The van der Waals surface area contributed by atoms with Crippen molar-refractivity contribution in [3.05, 3.63) is 73.9 Å². The molecule has 0 saturated carbocycles. The van der Waals surface area contributed by atoms with Crippen LogP contribution in [0.2, 0.25) is 5.02 Å². The number of benzene rings is 2. The Labute approximate surface area is 158 Å². The monoisotopic (exact) mass is 387 g/mol. The quantitative estimate of drug-likeness (QED) is 0.353. The summed E-state index contributed by atoms with van der Waals surface area (Å²) in [4.78, 5) is 25.5. The molecule has 2 aromatic carbocycles. The van der Waals surface area contributed by atoms with Gasteiger partial charge in [0.05, 0.1) is 25.9 Å². The van der Waals surface area contributed by atoms with E-state index in [1.165, 1.54) is 18.2 Å². The van der Waals surface area contributed by atoms with Crippen molar-refractivity contribution in [1.29, 1.82) is 0 Å². The molecule has 9 nitrogen and oxygen atoms in total. The van der Waals surface area contributed by atoms with Crippen LogP contribution in [0.25, 0.3) is 10.9 Å². The van der Waals surface area contributed by atoms with E-state index in [4.69, 9.17) is 11.6 Å². The molecule has 3 rings (SSSR count). The molecular weight excluding hydrogens is 374 g/mol. The molecule has 0 spiro atoms. The van der Waals surface area contributed by atoms with Crippen molar-refractivity contribution < 1.29 is 9.85 Å². The van der Waals surface area contributed by atoms with Crippen molar-refractivity contribution in [1.82, 2.24) is 4.98 Å². The molecule has 1 aromatic heterocycles. The molecule has 0 aliphatic carbocycles. The van der Waals surface area contributed by atoms with Crippen LogP contribution in [0.1, 0.15) is 0 Å². The Kier molecular flexibility index (Phi) is 5.32. The standard InChI is InChI=1S/C17H14ClN5O4/c18-12-4-1-5-15(23(26)27)17(12)21-10-9-19-13-6-7-14(22(24)25)11-3-2-8-20-16(11)13/h1-8,19,21H,9-10H2. The number of nitro groups is 2. The number of rotatable bonds is 7. The van der Waals surface area contributed by atoms with Crippen molar-refractivity contribution in [2.24, 2.45) is 0 Å². The third-order valence-electron chi connectivity index (χ3n) is 3.87. The zero-order valence-electron chi connectivity index (χ0n) is 13.9. The maximum atomic E-state index is 11.1. The number of halogens is 1. The number of pyridine rings is 1. The summed E-state index contributed by atoms with van der Waals surface area (Å²) >= 11 is 6.03. The molecule has 0 amide bonds. The van der Waals surface area contributed by atoms with Crippen molar-refractivity contribution in [3.8, 4) is 0 Å².